The highest BCUT2D eigenvalue weighted by molar-refractivity contribution is 5.68. The van der Waals surface area contributed by atoms with Crippen molar-refractivity contribution >= 4 is 11.9 Å². The Labute approximate surface area is 132 Å². The van der Waals surface area contributed by atoms with Gasteiger partial charge in [-0.3, -0.25) is 0 Å². The number of aromatic nitrogens is 1. The summed E-state index contributed by atoms with van der Waals surface area (Å²) in [6, 6.07) is 3.99. The molecule has 0 unspecified atom stereocenters. The molecular weight excluding hydrogens is 282 g/mol. The van der Waals surface area contributed by atoms with Crippen molar-refractivity contribution in [2.75, 3.05) is 38.2 Å². The van der Waals surface area contributed by atoms with Crippen LogP contribution in [0.15, 0.2) is 12.1 Å². The van der Waals surface area contributed by atoms with Crippen molar-refractivity contribution in [1.29, 1.82) is 0 Å². The SMILES string of the molecule is COc1nc(N2CCN(C(=O)OC(C)(C)C)CC2)ccc1C. The number of methoxy groups -OCH3 is 1. The Balaban J connectivity index is 1.96. The van der Waals surface area contributed by atoms with E-state index in [1.54, 1.807) is 12.0 Å². The van der Waals surface area contributed by atoms with Crippen molar-refractivity contribution in [1.82, 2.24) is 9.88 Å². The predicted molar refractivity (Wildman–Crippen MR) is 85.5 cm³/mol. The molecule has 0 spiro atoms. The highest BCUT2D eigenvalue weighted by atomic mass is 16.6. The predicted octanol–water partition coefficient (Wildman–Crippen LogP) is 2.46. The van der Waals surface area contributed by atoms with Crippen molar-refractivity contribution in [2.24, 2.45) is 0 Å². The summed E-state index contributed by atoms with van der Waals surface area (Å²) < 4.78 is 10.7. The van der Waals surface area contributed by atoms with Crippen molar-refractivity contribution in [3.05, 3.63) is 17.7 Å². The molecule has 1 aromatic rings. The third-order valence-corrected chi connectivity index (χ3v) is 3.48. The van der Waals surface area contributed by atoms with Crippen molar-refractivity contribution in [3.8, 4) is 5.88 Å². The Hall–Kier alpha value is -1.98. The fourth-order valence-electron chi connectivity index (χ4n) is 2.33. The summed E-state index contributed by atoms with van der Waals surface area (Å²) in [5.74, 6) is 1.53. The van der Waals surface area contributed by atoms with Crippen LogP contribution in [0.3, 0.4) is 0 Å². The summed E-state index contributed by atoms with van der Waals surface area (Å²) in [6.45, 7) is 10.3. The summed E-state index contributed by atoms with van der Waals surface area (Å²) in [4.78, 5) is 20.5. The topological polar surface area (TPSA) is 54.9 Å². The van der Waals surface area contributed by atoms with E-state index in [0.717, 1.165) is 24.5 Å². The zero-order valence-corrected chi connectivity index (χ0v) is 14.0. The first kappa shape index (κ1) is 16.4. The van der Waals surface area contributed by atoms with Gasteiger partial charge in [-0.2, -0.15) is 4.98 Å². The number of hydrogen-bond acceptors (Lipinski definition) is 5. The van der Waals surface area contributed by atoms with Gasteiger partial charge in [-0.1, -0.05) is 6.07 Å². The maximum absolute atomic E-state index is 12.1. The lowest BCUT2D eigenvalue weighted by atomic mass is 10.2. The molecule has 22 heavy (non-hydrogen) atoms. The monoisotopic (exact) mass is 307 g/mol. The fraction of sp³-hybridized carbons (Fsp3) is 0.625. The van der Waals surface area contributed by atoms with E-state index in [0.29, 0.717) is 19.0 Å². The first-order chi connectivity index (χ1) is 10.3. The first-order valence-electron chi connectivity index (χ1n) is 7.54. The van der Waals surface area contributed by atoms with Gasteiger partial charge in [0.15, 0.2) is 0 Å². The number of hydrogen-bond donors (Lipinski definition) is 0. The number of carbonyl (C=O) groups excluding carboxylic acids is 1. The van der Waals surface area contributed by atoms with Gasteiger partial charge in [0.2, 0.25) is 5.88 Å². The molecule has 2 heterocycles. The normalized spacial score (nSPS) is 15.7. The molecule has 0 aliphatic carbocycles. The van der Waals surface area contributed by atoms with Gasteiger partial charge in [0.1, 0.15) is 11.4 Å². The molecule has 0 bridgehead atoms. The smallest absolute Gasteiger partial charge is 0.410 e. The number of amides is 1. The number of nitrogens with zero attached hydrogens (tertiary/aromatic N) is 3. The minimum Gasteiger partial charge on any atom is -0.481 e. The van der Waals surface area contributed by atoms with Crippen LogP contribution in [0, 0.1) is 6.92 Å². The second-order valence-corrected chi connectivity index (χ2v) is 6.45. The van der Waals surface area contributed by atoms with Gasteiger partial charge in [0.05, 0.1) is 7.11 Å². The molecule has 0 aromatic carbocycles. The van der Waals surface area contributed by atoms with Crippen LogP contribution >= 0.6 is 0 Å². The van der Waals surface area contributed by atoms with Crippen LogP contribution in [-0.2, 0) is 4.74 Å². The number of anilines is 1. The summed E-state index contributed by atoms with van der Waals surface area (Å²) >= 11 is 0. The Bertz CT molecular complexity index is 532. The molecule has 0 saturated carbocycles. The van der Waals surface area contributed by atoms with Crippen molar-refractivity contribution in [3.63, 3.8) is 0 Å². The summed E-state index contributed by atoms with van der Waals surface area (Å²) in [5, 5.41) is 0. The van der Waals surface area contributed by atoms with Gasteiger partial charge in [0, 0.05) is 31.7 Å². The molecule has 1 aromatic heterocycles. The summed E-state index contributed by atoms with van der Waals surface area (Å²) in [7, 11) is 1.62. The third kappa shape index (κ3) is 4.02. The lowest BCUT2D eigenvalue weighted by molar-refractivity contribution is 0.0240. The van der Waals surface area contributed by atoms with Crippen LogP contribution in [0.5, 0.6) is 5.88 Å². The van der Waals surface area contributed by atoms with E-state index < -0.39 is 5.60 Å². The molecule has 122 valence electrons. The Morgan fingerprint density at radius 2 is 1.82 bits per heavy atom. The molecule has 1 saturated heterocycles. The van der Waals surface area contributed by atoms with Crippen LogP contribution < -0.4 is 9.64 Å². The van der Waals surface area contributed by atoms with Gasteiger partial charge < -0.3 is 19.3 Å². The third-order valence-electron chi connectivity index (χ3n) is 3.48. The molecule has 1 fully saturated rings. The molecule has 1 aliphatic rings. The molecule has 0 N–H and O–H groups in total. The second-order valence-electron chi connectivity index (χ2n) is 6.45. The summed E-state index contributed by atoms with van der Waals surface area (Å²) in [6.07, 6.45) is -0.249. The van der Waals surface area contributed by atoms with E-state index in [2.05, 4.69) is 9.88 Å². The minimum atomic E-state index is -0.458. The van der Waals surface area contributed by atoms with Crippen molar-refractivity contribution < 1.29 is 14.3 Å². The molecule has 1 amide bonds. The molecular formula is C16H25N3O3. The lowest BCUT2D eigenvalue weighted by Crippen LogP contribution is -2.50. The zero-order valence-electron chi connectivity index (χ0n) is 14.0. The van der Waals surface area contributed by atoms with Crippen LogP contribution in [0.2, 0.25) is 0 Å². The van der Waals surface area contributed by atoms with Crippen molar-refractivity contribution in [2.45, 2.75) is 33.3 Å². The number of piperazine rings is 1. The largest absolute Gasteiger partial charge is 0.481 e. The highest BCUT2D eigenvalue weighted by Crippen LogP contribution is 2.21. The highest BCUT2D eigenvalue weighted by Gasteiger charge is 2.26. The molecule has 2 rings (SSSR count). The van der Waals surface area contributed by atoms with Gasteiger partial charge in [-0.25, -0.2) is 4.79 Å². The second kappa shape index (κ2) is 6.42. The average Bonchev–Trinajstić information content (AvgIpc) is 2.46. The zero-order chi connectivity index (χ0) is 16.3. The Kier molecular flexibility index (Phi) is 4.78. The standard InChI is InChI=1S/C16H25N3O3/c1-12-6-7-13(17-14(12)21-5)18-8-10-19(11-9-18)15(20)22-16(2,3)4/h6-7H,8-11H2,1-5H3. The van der Waals surface area contributed by atoms with Gasteiger partial charge in [-0.05, 0) is 33.8 Å². The molecule has 6 heteroatoms. The number of carbonyl (C=O) groups is 1. The molecule has 6 nitrogen and oxygen atoms in total. The Morgan fingerprint density at radius 3 is 2.36 bits per heavy atom. The number of pyridine rings is 1. The lowest BCUT2D eigenvalue weighted by Gasteiger charge is -2.36. The fourth-order valence-corrected chi connectivity index (χ4v) is 2.33. The van der Waals surface area contributed by atoms with Crippen LogP contribution in [-0.4, -0.2) is 54.9 Å². The molecule has 0 atom stereocenters. The molecule has 0 radical (unpaired) electrons. The molecule has 1 aliphatic heterocycles. The van der Waals surface area contributed by atoms with E-state index in [4.69, 9.17) is 9.47 Å². The van der Waals surface area contributed by atoms with Gasteiger partial charge >= 0.3 is 6.09 Å². The number of ether oxygens (including phenoxy) is 2. The Morgan fingerprint density at radius 1 is 1.18 bits per heavy atom. The van der Waals surface area contributed by atoms with E-state index in [1.165, 1.54) is 0 Å². The number of aryl methyl sites for hydroxylation is 1. The van der Waals surface area contributed by atoms with Gasteiger partial charge in [0.25, 0.3) is 0 Å². The van der Waals surface area contributed by atoms with Gasteiger partial charge in [-0.15, -0.1) is 0 Å². The van der Waals surface area contributed by atoms with E-state index in [1.807, 2.05) is 39.8 Å². The van der Waals surface area contributed by atoms with Crippen LogP contribution in [0.4, 0.5) is 10.6 Å². The minimum absolute atomic E-state index is 0.249. The van der Waals surface area contributed by atoms with E-state index in [-0.39, 0.29) is 6.09 Å². The number of rotatable bonds is 2. The quantitative estimate of drug-likeness (QED) is 0.840. The van der Waals surface area contributed by atoms with Crippen LogP contribution in [0.25, 0.3) is 0 Å². The maximum atomic E-state index is 12.1. The van der Waals surface area contributed by atoms with E-state index >= 15 is 0 Å². The average molecular weight is 307 g/mol. The van der Waals surface area contributed by atoms with Crippen LogP contribution in [0.1, 0.15) is 26.3 Å². The first-order valence-corrected chi connectivity index (χ1v) is 7.54. The summed E-state index contributed by atoms with van der Waals surface area (Å²) in [5.41, 5.74) is 0.554. The maximum Gasteiger partial charge on any atom is 0.410 e. The van der Waals surface area contributed by atoms with E-state index in [9.17, 15) is 4.79 Å².